The van der Waals surface area contributed by atoms with Crippen molar-refractivity contribution in [1.82, 2.24) is 15.3 Å². The molecule has 0 saturated heterocycles. The molecule has 0 bridgehead atoms. The molecule has 7 heteroatoms. The summed E-state index contributed by atoms with van der Waals surface area (Å²) in [5.74, 6) is 0.950. The molecule has 0 unspecified atom stereocenters. The fourth-order valence-electron chi connectivity index (χ4n) is 3.75. The van der Waals surface area contributed by atoms with Crippen LogP contribution in [0.25, 0.3) is 10.2 Å². The van der Waals surface area contributed by atoms with Crippen molar-refractivity contribution in [3.63, 3.8) is 0 Å². The van der Waals surface area contributed by atoms with Crippen molar-refractivity contribution in [3.05, 3.63) is 52.2 Å². The molecule has 4 rings (SSSR count). The number of ether oxygens (including phenoxy) is 2. The van der Waals surface area contributed by atoms with Crippen LogP contribution in [0.2, 0.25) is 0 Å². The van der Waals surface area contributed by atoms with Crippen molar-refractivity contribution in [2.75, 3.05) is 14.2 Å². The molecule has 0 atom stereocenters. The number of hydrogen-bond donors (Lipinski definition) is 1. The summed E-state index contributed by atoms with van der Waals surface area (Å²) in [5, 5.41) is 4.09. The lowest BCUT2D eigenvalue weighted by atomic mass is 9.71. The summed E-state index contributed by atoms with van der Waals surface area (Å²) in [6.45, 7) is 2.22. The van der Waals surface area contributed by atoms with Gasteiger partial charge in [0, 0.05) is 7.11 Å². The van der Waals surface area contributed by atoms with Gasteiger partial charge in [-0.3, -0.25) is 4.79 Å². The molecule has 146 valence electrons. The third kappa shape index (κ3) is 3.14. The van der Waals surface area contributed by atoms with Crippen LogP contribution in [0.3, 0.4) is 0 Å². The predicted octanol–water partition coefficient (Wildman–Crippen LogP) is 3.96. The second-order valence-corrected chi connectivity index (χ2v) is 8.07. The SMILES string of the molecule is COCc1nc(OC)c2c(C)c(C(=O)NC3(c4ccccc4)CCC3)sc2n1. The molecular formula is C21H23N3O3S. The topological polar surface area (TPSA) is 73.3 Å². The predicted molar refractivity (Wildman–Crippen MR) is 109 cm³/mol. The van der Waals surface area contributed by atoms with Crippen LogP contribution in [0.1, 0.15) is 45.9 Å². The highest BCUT2D eigenvalue weighted by atomic mass is 32.1. The van der Waals surface area contributed by atoms with E-state index in [1.807, 2.05) is 25.1 Å². The highest BCUT2D eigenvalue weighted by molar-refractivity contribution is 7.20. The second kappa shape index (κ2) is 7.48. The highest BCUT2D eigenvalue weighted by Crippen LogP contribution is 2.42. The molecule has 2 aromatic heterocycles. The molecule has 1 aliphatic carbocycles. The molecule has 28 heavy (non-hydrogen) atoms. The molecular weight excluding hydrogens is 374 g/mol. The summed E-state index contributed by atoms with van der Waals surface area (Å²) >= 11 is 1.37. The van der Waals surface area contributed by atoms with Gasteiger partial charge < -0.3 is 14.8 Å². The quantitative estimate of drug-likeness (QED) is 0.681. The van der Waals surface area contributed by atoms with Gasteiger partial charge in [-0.2, -0.15) is 4.98 Å². The van der Waals surface area contributed by atoms with Crippen molar-refractivity contribution in [2.24, 2.45) is 0 Å². The first-order valence-corrected chi connectivity index (χ1v) is 10.1. The Bertz CT molecular complexity index is 1010. The number of fused-ring (bicyclic) bond motifs is 1. The number of hydrogen-bond acceptors (Lipinski definition) is 6. The lowest BCUT2D eigenvalue weighted by Crippen LogP contribution is -2.50. The summed E-state index contributed by atoms with van der Waals surface area (Å²) in [7, 11) is 3.17. The smallest absolute Gasteiger partial charge is 0.262 e. The highest BCUT2D eigenvalue weighted by Gasteiger charge is 2.40. The first-order valence-electron chi connectivity index (χ1n) is 9.29. The Labute approximate surface area is 167 Å². The Morgan fingerprint density at radius 2 is 1.96 bits per heavy atom. The number of carbonyl (C=O) groups is 1. The van der Waals surface area contributed by atoms with Gasteiger partial charge in [0.05, 0.1) is 22.9 Å². The lowest BCUT2D eigenvalue weighted by Gasteiger charge is -2.43. The van der Waals surface area contributed by atoms with E-state index in [9.17, 15) is 4.79 Å². The summed E-state index contributed by atoms with van der Waals surface area (Å²) in [6.07, 6.45) is 3.02. The number of benzene rings is 1. The average Bonchev–Trinajstić information content (AvgIpc) is 3.01. The van der Waals surface area contributed by atoms with E-state index in [2.05, 4.69) is 27.4 Å². The molecule has 0 spiro atoms. The van der Waals surface area contributed by atoms with E-state index >= 15 is 0 Å². The van der Waals surface area contributed by atoms with Crippen LogP contribution in [0.5, 0.6) is 5.88 Å². The Morgan fingerprint density at radius 3 is 2.57 bits per heavy atom. The summed E-state index contributed by atoms with van der Waals surface area (Å²) in [6, 6.07) is 10.2. The van der Waals surface area contributed by atoms with Gasteiger partial charge in [0.1, 0.15) is 11.4 Å². The molecule has 1 aliphatic rings. The minimum Gasteiger partial charge on any atom is -0.480 e. The van der Waals surface area contributed by atoms with E-state index in [1.54, 1.807) is 14.2 Å². The molecule has 2 heterocycles. The number of nitrogens with zero attached hydrogens (tertiary/aromatic N) is 2. The first kappa shape index (κ1) is 18.8. The minimum atomic E-state index is -0.280. The number of rotatable bonds is 6. The Balaban J connectivity index is 1.70. The maximum Gasteiger partial charge on any atom is 0.262 e. The molecule has 1 aromatic carbocycles. The van der Waals surface area contributed by atoms with E-state index < -0.39 is 0 Å². The van der Waals surface area contributed by atoms with E-state index in [0.29, 0.717) is 23.2 Å². The fourth-order valence-corrected chi connectivity index (χ4v) is 4.84. The molecule has 0 radical (unpaired) electrons. The van der Waals surface area contributed by atoms with Gasteiger partial charge in [0.25, 0.3) is 5.91 Å². The normalized spacial score (nSPS) is 15.2. The van der Waals surface area contributed by atoms with Crippen molar-refractivity contribution in [2.45, 2.75) is 38.3 Å². The van der Waals surface area contributed by atoms with E-state index in [4.69, 9.17) is 9.47 Å². The third-order valence-corrected chi connectivity index (χ3v) is 6.55. The van der Waals surface area contributed by atoms with Crippen LogP contribution in [0.4, 0.5) is 0 Å². The summed E-state index contributed by atoms with van der Waals surface area (Å²) < 4.78 is 10.6. The number of methoxy groups -OCH3 is 2. The van der Waals surface area contributed by atoms with Crippen molar-refractivity contribution >= 4 is 27.5 Å². The average molecular weight is 398 g/mol. The molecule has 1 fully saturated rings. The van der Waals surface area contributed by atoms with Gasteiger partial charge in [0.2, 0.25) is 5.88 Å². The van der Waals surface area contributed by atoms with Crippen molar-refractivity contribution in [1.29, 1.82) is 0 Å². The van der Waals surface area contributed by atoms with Crippen LogP contribution < -0.4 is 10.1 Å². The molecule has 1 amide bonds. The fraction of sp³-hybridized carbons (Fsp3) is 0.381. The zero-order valence-corrected chi connectivity index (χ0v) is 17.1. The molecule has 1 N–H and O–H groups in total. The molecule has 1 saturated carbocycles. The summed E-state index contributed by atoms with van der Waals surface area (Å²) in [4.78, 5) is 23.6. The number of aryl methyl sites for hydroxylation is 1. The zero-order chi connectivity index (χ0) is 19.7. The molecule has 6 nitrogen and oxygen atoms in total. The Hall–Kier alpha value is -2.51. The van der Waals surface area contributed by atoms with E-state index in [0.717, 1.165) is 40.6 Å². The largest absolute Gasteiger partial charge is 0.480 e. The monoisotopic (exact) mass is 397 g/mol. The first-order chi connectivity index (χ1) is 13.6. The number of thiophene rings is 1. The van der Waals surface area contributed by atoms with Gasteiger partial charge in [-0.15, -0.1) is 11.3 Å². The van der Waals surface area contributed by atoms with Gasteiger partial charge in [-0.05, 0) is 37.3 Å². The van der Waals surface area contributed by atoms with E-state index in [-0.39, 0.29) is 11.4 Å². The van der Waals surface area contributed by atoms with Crippen LogP contribution in [-0.4, -0.2) is 30.1 Å². The van der Waals surface area contributed by atoms with Crippen LogP contribution in [0.15, 0.2) is 30.3 Å². The minimum absolute atomic E-state index is 0.0700. The number of nitrogens with one attached hydrogen (secondary N) is 1. The van der Waals surface area contributed by atoms with Crippen LogP contribution >= 0.6 is 11.3 Å². The van der Waals surface area contributed by atoms with Gasteiger partial charge in [0.15, 0.2) is 5.82 Å². The van der Waals surface area contributed by atoms with Crippen LogP contribution in [0, 0.1) is 6.92 Å². The van der Waals surface area contributed by atoms with Gasteiger partial charge in [-0.25, -0.2) is 4.98 Å². The lowest BCUT2D eigenvalue weighted by molar-refractivity contribution is 0.0827. The van der Waals surface area contributed by atoms with Crippen molar-refractivity contribution in [3.8, 4) is 5.88 Å². The van der Waals surface area contributed by atoms with Crippen molar-refractivity contribution < 1.29 is 14.3 Å². The zero-order valence-electron chi connectivity index (χ0n) is 16.2. The van der Waals surface area contributed by atoms with Gasteiger partial charge in [-0.1, -0.05) is 30.3 Å². The number of aromatic nitrogens is 2. The molecule has 3 aromatic rings. The third-order valence-electron chi connectivity index (χ3n) is 5.36. The number of amides is 1. The maximum absolute atomic E-state index is 13.2. The van der Waals surface area contributed by atoms with Crippen LogP contribution in [-0.2, 0) is 16.9 Å². The second-order valence-electron chi connectivity index (χ2n) is 7.07. The maximum atomic E-state index is 13.2. The standard InChI is InChI=1S/C21H23N3O3S/c1-13-16-19(27-3)22-15(12-26-2)23-20(16)28-17(13)18(25)24-21(10-7-11-21)14-8-5-4-6-9-14/h4-6,8-9H,7,10-12H2,1-3H3,(H,24,25). The van der Waals surface area contributed by atoms with E-state index in [1.165, 1.54) is 11.3 Å². The molecule has 0 aliphatic heterocycles. The van der Waals surface area contributed by atoms with Gasteiger partial charge >= 0.3 is 0 Å². The number of carbonyl (C=O) groups excluding carboxylic acids is 1. The Morgan fingerprint density at radius 1 is 1.21 bits per heavy atom. The summed E-state index contributed by atoms with van der Waals surface area (Å²) in [5.41, 5.74) is 1.73. The Kier molecular flexibility index (Phi) is 5.03.